The summed E-state index contributed by atoms with van der Waals surface area (Å²) in [5.41, 5.74) is 0.962. The van der Waals surface area contributed by atoms with Crippen LogP contribution in [0.25, 0.3) is 0 Å². The fourth-order valence-electron chi connectivity index (χ4n) is 3.33. The van der Waals surface area contributed by atoms with E-state index in [0.29, 0.717) is 32.8 Å². The molecule has 2 rings (SSSR count). The van der Waals surface area contributed by atoms with Gasteiger partial charge in [-0.25, -0.2) is 9.59 Å². The molecule has 27 heavy (non-hydrogen) atoms. The lowest BCUT2D eigenvalue weighted by Crippen LogP contribution is -2.51. The van der Waals surface area contributed by atoms with E-state index in [0.717, 1.165) is 24.0 Å². The van der Waals surface area contributed by atoms with Crippen molar-refractivity contribution < 1.29 is 19.1 Å². The number of ether oxygens (including phenoxy) is 2. The molecule has 7 nitrogen and oxygen atoms in total. The third-order valence-electron chi connectivity index (χ3n) is 4.82. The van der Waals surface area contributed by atoms with Crippen LogP contribution in [-0.4, -0.2) is 72.5 Å². The summed E-state index contributed by atoms with van der Waals surface area (Å²) in [5, 5.41) is 2.91. The van der Waals surface area contributed by atoms with E-state index >= 15 is 0 Å². The summed E-state index contributed by atoms with van der Waals surface area (Å²) in [4.78, 5) is 28.3. The topological polar surface area (TPSA) is 71.1 Å². The molecule has 2 heterocycles. The summed E-state index contributed by atoms with van der Waals surface area (Å²) in [6.07, 6.45) is 1.39. The number of rotatable bonds is 4. The van der Waals surface area contributed by atoms with E-state index in [9.17, 15) is 9.59 Å². The van der Waals surface area contributed by atoms with Gasteiger partial charge in [0.1, 0.15) is 5.60 Å². The zero-order valence-electron chi connectivity index (χ0n) is 17.0. The number of hydrogen-bond acceptors (Lipinski definition) is 4. The lowest BCUT2D eigenvalue weighted by atomic mass is 9.99. The quantitative estimate of drug-likeness (QED) is 0.763. The number of amides is 3. The van der Waals surface area contributed by atoms with E-state index in [1.165, 1.54) is 0 Å². The van der Waals surface area contributed by atoms with Gasteiger partial charge in [-0.3, -0.25) is 0 Å². The standard InChI is InChI=1S/C20H33N3O4/c1-14(12-21-18(24)22-10-11-26-13-15(22)2)16(3)17-8-7-9-23(17)19(25)27-20(4,5)6/h15,17H,1,3,7-13H2,2,4-6H3,(H,21,24)/t15-,17-/m0/s1. The number of morpholine rings is 1. The minimum atomic E-state index is -0.536. The molecule has 152 valence electrons. The highest BCUT2D eigenvalue weighted by atomic mass is 16.6. The van der Waals surface area contributed by atoms with Gasteiger partial charge in [0.15, 0.2) is 0 Å². The maximum atomic E-state index is 12.5. The molecular weight excluding hydrogens is 346 g/mol. The minimum absolute atomic E-state index is 0.0488. The fraction of sp³-hybridized carbons (Fsp3) is 0.700. The average molecular weight is 380 g/mol. The molecule has 0 aromatic carbocycles. The Hall–Kier alpha value is -2.02. The van der Waals surface area contributed by atoms with E-state index in [1.54, 1.807) is 9.80 Å². The maximum absolute atomic E-state index is 12.5. The molecule has 2 aliphatic heterocycles. The molecule has 0 aromatic rings. The van der Waals surface area contributed by atoms with E-state index in [-0.39, 0.29) is 24.2 Å². The Bertz CT molecular complexity index is 597. The second-order valence-corrected chi connectivity index (χ2v) is 8.24. The van der Waals surface area contributed by atoms with Crippen LogP contribution in [0.5, 0.6) is 0 Å². The van der Waals surface area contributed by atoms with Crippen LogP contribution >= 0.6 is 0 Å². The van der Waals surface area contributed by atoms with Crippen molar-refractivity contribution in [3.8, 4) is 0 Å². The molecule has 0 unspecified atom stereocenters. The molecule has 2 saturated heterocycles. The van der Waals surface area contributed by atoms with E-state index in [2.05, 4.69) is 18.5 Å². The smallest absolute Gasteiger partial charge is 0.410 e. The number of nitrogens with one attached hydrogen (secondary N) is 1. The first-order chi connectivity index (χ1) is 12.6. The first kappa shape index (κ1) is 21.3. The second-order valence-electron chi connectivity index (χ2n) is 8.24. The zero-order valence-corrected chi connectivity index (χ0v) is 17.0. The highest BCUT2D eigenvalue weighted by molar-refractivity contribution is 5.75. The molecule has 0 spiro atoms. The molecule has 0 aromatic heterocycles. The normalized spacial score (nSPS) is 23.1. The van der Waals surface area contributed by atoms with Gasteiger partial charge >= 0.3 is 12.1 Å². The minimum Gasteiger partial charge on any atom is -0.444 e. The first-order valence-corrected chi connectivity index (χ1v) is 9.59. The van der Waals surface area contributed by atoms with E-state index < -0.39 is 5.60 Å². The predicted molar refractivity (Wildman–Crippen MR) is 105 cm³/mol. The molecule has 7 heteroatoms. The highest BCUT2D eigenvalue weighted by Gasteiger charge is 2.34. The molecule has 2 fully saturated rings. The van der Waals surface area contributed by atoms with Gasteiger partial charge in [0.2, 0.25) is 0 Å². The molecular formula is C20H33N3O4. The fourth-order valence-corrected chi connectivity index (χ4v) is 3.33. The molecule has 0 saturated carbocycles. The van der Waals surface area contributed by atoms with Gasteiger partial charge in [-0.15, -0.1) is 0 Å². The van der Waals surface area contributed by atoms with Gasteiger partial charge in [-0.2, -0.15) is 0 Å². The third kappa shape index (κ3) is 5.73. The van der Waals surface area contributed by atoms with Crippen LogP contribution in [0.15, 0.2) is 24.3 Å². The summed E-state index contributed by atoms with van der Waals surface area (Å²) < 4.78 is 10.9. The highest BCUT2D eigenvalue weighted by Crippen LogP contribution is 2.28. The van der Waals surface area contributed by atoms with Gasteiger partial charge in [0, 0.05) is 19.6 Å². The largest absolute Gasteiger partial charge is 0.444 e. The van der Waals surface area contributed by atoms with Crippen molar-refractivity contribution in [2.75, 3.05) is 32.8 Å². The lowest BCUT2D eigenvalue weighted by Gasteiger charge is -2.33. The van der Waals surface area contributed by atoms with Crippen LogP contribution in [0.1, 0.15) is 40.5 Å². The van der Waals surface area contributed by atoms with Crippen LogP contribution in [0.4, 0.5) is 9.59 Å². The van der Waals surface area contributed by atoms with Crippen molar-refractivity contribution in [1.82, 2.24) is 15.1 Å². The van der Waals surface area contributed by atoms with Crippen molar-refractivity contribution in [2.24, 2.45) is 0 Å². The Kier molecular flexibility index (Phi) is 6.92. The van der Waals surface area contributed by atoms with Crippen LogP contribution in [-0.2, 0) is 9.47 Å². The Morgan fingerprint density at radius 1 is 1.22 bits per heavy atom. The van der Waals surface area contributed by atoms with E-state index in [4.69, 9.17) is 9.47 Å². The summed E-state index contributed by atoms with van der Waals surface area (Å²) in [5.74, 6) is 0. The number of nitrogens with zero attached hydrogens (tertiary/aromatic N) is 2. The SMILES string of the molecule is C=C(CNC(=O)N1CCOC[C@@H]1C)C(=C)[C@@H]1CCCN1C(=O)OC(C)(C)C. The van der Waals surface area contributed by atoms with Gasteiger partial charge in [0.25, 0.3) is 0 Å². The predicted octanol–water partition coefficient (Wildman–Crippen LogP) is 2.93. The summed E-state index contributed by atoms with van der Waals surface area (Å²) in [7, 11) is 0. The molecule has 3 amide bonds. The Morgan fingerprint density at radius 3 is 2.56 bits per heavy atom. The van der Waals surface area contributed by atoms with Crippen molar-refractivity contribution in [3.05, 3.63) is 24.3 Å². The summed E-state index contributed by atoms with van der Waals surface area (Å²) in [6.45, 7) is 18.4. The zero-order chi connectivity index (χ0) is 20.2. The molecule has 0 bridgehead atoms. The summed E-state index contributed by atoms with van der Waals surface area (Å²) in [6, 6.07) is -0.213. The van der Waals surface area contributed by atoms with Gasteiger partial charge in [-0.1, -0.05) is 13.2 Å². The number of carbonyl (C=O) groups is 2. The number of urea groups is 1. The Morgan fingerprint density at radius 2 is 1.93 bits per heavy atom. The van der Waals surface area contributed by atoms with Crippen molar-refractivity contribution >= 4 is 12.1 Å². The van der Waals surface area contributed by atoms with E-state index in [1.807, 2.05) is 27.7 Å². The lowest BCUT2D eigenvalue weighted by molar-refractivity contribution is 0.0192. The monoisotopic (exact) mass is 379 g/mol. The van der Waals surface area contributed by atoms with Crippen LogP contribution < -0.4 is 5.32 Å². The van der Waals surface area contributed by atoms with Crippen LogP contribution in [0.2, 0.25) is 0 Å². The van der Waals surface area contributed by atoms with Gasteiger partial charge < -0.3 is 24.6 Å². The number of carbonyl (C=O) groups excluding carboxylic acids is 2. The number of likely N-dealkylation sites (tertiary alicyclic amines) is 1. The second kappa shape index (κ2) is 8.78. The first-order valence-electron chi connectivity index (χ1n) is 9.59. The number of hydrogen-bond donors (Lipinski definition) is 1. The van der Waals surface area contributed by atoms with Gasteiger partial charge in [-0.05, 0) is 51.7 Å². The Labute approximate surface area is 162 Å². The van der Waals surface area contributed by atoms with Crippen LogP contribution in [0.3, 0.4) is 0 Å². The average Bonchev–Trinajstić information content (AvgIpc) is 3.07. The molecule has 2 aliphatic rings. The van der Waals surface area contributed by atoms with Crippen molar-refractivity contribution in [1.29, 1.82) is 0 Å². The maximum Gasteiger partial charge on any atom is 0.410 e. The molecule has 0 radical (unpaired) electrons. The van der Waals surface area contributed by atoms with Crippen molar-refractivity contribution in [2.45, 2.75) is 58.2 Å². The molecule has 2 atom stereocenters. The van der Waals surface area contributed by atoms with Crippen molar-refractivity contribution in [3.63, 3.8) is 0 Å². The third-order valence-corrected chi connectivity index (χ3v) is 4.82. The molecule has 0 aliphatic carbocycles. The van der Waals surface area contributed by atoms with Crippen LogP contribution in [0, 0.1) is 0 Å². The van der Waals surface area contributed by atoms with Gasteiger partial charge in [0.05, 0.1) is 25.3 Å². The summed E-state index contributed by atoms with van der Waals surface area (Å²) >= 11 is 0. The Balaban J connectivity index is 1.89. The molecule has 1 N–H and O–H groups in total.